The van der Waals surface area contributed by atoms with Gasteiger partial charge in [-0.15, -0.1) is 10.2 Å². The van der Waals surface area contributed by atoms with Crippen LogP contribution in [0, 0.1) is 5.92 Å². The summed E-state index contributed by atoms with van der Waals surface area (Å²) < 4.78 is 0. The van der Waals surface area contributed by atoms with Crippen molar-refractivity contribution in [2.45, 2.75) is 12.3 Å². The van der Waals surface area contributed by atoms with Gasteiger partial charge in [0, 0.05) is 16.6 Å². The molecule has 3 rings (SSSR count). The van der Waals surface area contributed by atoms with Crippen molar-refractivity contribution in [1.29, 1.82) is 0 Å². The Morgan fingerprint density at radius 3 is 2.95 bits per heavy atom. The van der Waals surface area contributed by atoms with Gasteiger partial charge in [-0.25, -0.2) is 0 Å². The van der Waals surface area contributed by atoms with Gasteiger partial charge >= 0.3 is 0 Å². The molecule has 1 aliphatic carbocycles. The summed E-state index contributed by atoms with van der Waals surface area (Å²) in [4.78, 5) is 13.1. The number of nitrogens with zero attached hydrogens (tertiary/aromatic N) is 4. The van der Waals surface area contributed by atoms with Crippen LogP contribution in [0.25, 0.3) is 0 Å². The first-order valence-corrected chi connectivity index (χ1v) is 7.27. The summed E-state index contributed by atoms with van der Waals surface area (Å²) in [6, 6.07) is 5.53. The Bertz CT molecular complexity index is 687. The van der Waals surface area contributed by atoms with E-state index in [1.54, 1.807) is 13.1 Å². The van der Waals surface area contributed by atoms with Crippen molar-refractivity contribution in [2.75, 3.05) is 6.54 Å². The second-order valence-corrected chi connectivity index (χ2v) is 5.92. The van der Waals surface area contributed by atoms with E-state index < -0.39 is 0 Å². The maximum absolute atomic E-state index is 11.8. The molecule has 21 heavy (non-hydrogen) atoms. The fraction of sp³-hybridized carbons (Fsp3) is 0.385. The molecule has 110 valence electrons. The molecule has 1 aliphatic rings. The third kappa shape index (κ3) is 3.16. The molecular weight excluding hydrogens is 313 g/mol. The van der Waals surface area contributed by atoms with Crippen molar-refractivity contribution in [3.63, 3.8) is 0 Å². The van der Waals surface area contributed by atoms with Gasteiger partial charge in [0.25, 0.3) is 11.7 Å². The van der Waals surface area contributed by atoms with E-state index in [1.165, 1.54) is 4.80 Å². The first kappa shape index (κ1) is 14.3. The molecule has 6 nitrogen and oxygen atoms in total. The molecule has 0 bridgehead atoms. The first-order valence-electron chi connectivity index (χ1n) is 6.51. The standard InChI is InChI=1S/C13H13Cl2N5O/c1-20-18-12(17-19-20)13(21)16-6-7-4-10(7)9-3-2-8(14)5-11(9)15/h2-3,5,7,10H,4,6H2,1H3,(H,16,21)/t7-,10+/m0/s1. The van der Waals surface area contributed by atoms with Crippen molar-refractivity contribution >= 4 is 29.1 Å². The summed E-state index contributed by atoms with van der Waals surface area (Å²) in [6.45, 7) is 0.570. The Labute approximate surface area is 131 Å². The number of aromatic nitrogens is 4. The summed E-state index contributed by atoms with van der Waals surface area (Å²) >= 11 is 12.1. The molecule has 1 saturated carbocycles. The molecule has 0 saturated heterocycles. The van der Waals surface area contributed by atoms with Crippen molar-refractivity contribution in [3.05, 3.63) is 39.6 Å². The van der Waals surface area contributed by atoms with Crippen LogP contribution in [0.3, 0.4) is 0 Å². The summed E-state index contributed by atoms with van der Waals surface area (Å²) in [5, 5.41) is 15.3. The predicted octanol–water partition coefficient (Wildman–Crippen LogP) is 2.05. The van der Waals surface area contributed by atoms with Crippen LogP contribution >= 0.6 is 23.2 Å². The van der Waals surface area contributed by atoms with Gasteiger partial charge in [0.15, 0.2) is 0 Å². The van der Waals surface area contributed by atoms with Crippen molar-refractivity contribution in [2.24, 2.45) is 13.0 Å². The molecule has 8 heteroatoms. The Hall–Kier alpha value is -1.66. The zero-order valence-electron chi connectivity index (χ0n) is 11.3. The van der Waals surface area contributed by atoms with Crippen LogP contribution in [-0.2, 0) is 7.05 Å². The minimum atomic E-state index is -0.309. The average molecular weight is 326 g/mol. The van der Waals surface area contributed by atoms with Gasteiger partial charge in [0.05, 0.1) is 7.05 Å². The Morgan fingerprint density at radius 2 is 2.29 bits per heavy atom. The average Bonchev–Trinajstić information content (AvgIpc) is 3.07. The van der Waals surface area contributed by atoms with Crippen LogP contribution in [-0.4, -0.2) is 32.7 Å². The largest absolute Gasteiger partial charge is 0.349 e. The Balaban J connectivity index is 1.55. The lowest BCUT2D eigenvalue weighted by atomic mass is 10.1. The van der Waals surface area contributed by atoms with E-state index in [0.29, 0.717) is 28.4 Å². The minimum absolute atomic E-state index is 0.0826. The van der Waals surface area contributed by atoms with Crippen LogP contribution in [0.1, 0.15) is 28.5 Å². The predicted molar refractivity (Wildman–Crippen MR) is 78.4 cm³/mol. The maximum Gasteiger partial charge on any atom is 0.292 e. The van der Waals surface area contributed by atoms with Gasteiger partial charge in [-0.05, 0) is 41.2 Å². The number of nitrogens with one attached hydrogen (secondary N) is 1. The minimum Gasteiger partial charge on any atom is -0.349 e. The van der Waals surface area contributed by atoms with Crippen molar-refractivity contribution in [1.82, 2.24) is 25.5 Å². The van der Waals surface area contributed by atoms with E-state index in [4.69, 9.17) is 23.2 Å². The molecule has 0 aliphatic heterocycles. The fourth-order valence-corrected chi connectivity index (χ4v) is 2.88. The molecule has 0 radical (unpaired) electrons. The molecule has 1 N–H and O–H groups in total. The van der Waals surface area contributed by atoms with Gasteiger partial charge in [-0.1, -0.05) is 29.3 Å². The van der Waals surface area contributed by atoms with Gasteiger partial charge in [0.2, 0.25) is 0 Å². The quantitative estimate of drug-likeness (QED) is 0.933. The number of tetrazole rings is 1. The summed E-state index contributed by atoms with van der Waals surface area (Å²) in [7, 11) is 1.61. The highest BCUT2D eigenvalue weighted by atomic mass is 35.5. The molecule has 2 atom stereocenters. The molecule has 1 aromatic carbocycles. The molecule has 0 unspecified atom stereocenters. The zero-order chi connectivity index (χ0) is 15.0. The molecule has 1 heterocycles. The lowest BCUT2D eigenvalue weighted by Gasteiger charge is -2.05. The molecule has 1 amide bonds. The van der Waals surface area contributed by atoms with Crippen molar-refractivity contribution in [3.8, 4) is 0 Å². The van der Waals surface area contributed by atoms with Crippen LogP contribution in [0.2, 0.25) is 10.0 Å². The van der Waals surface area contributed by atoms with Gasteiger partial charge < -0.3 is 5.32 Å². The van der Waals surface area contributed by atoms with Crippen LogP contribution in [0.15, 0.2) is 18.2 Å². The van der Waals surface area contributed by atoms with E-state index >= 15 is 0 Å². The number of aryl methyl sites for hydroxylation is 1. The zero-order valence-corrected chi connectivity index (χ0v) is 12.8. The smallest absolute Gasteiger partial charge is 0.292 e. The van der Waals surface area contributed by atoms with Crippen LogP contribution in [0.4, 0.5) is 0 Å². The molecule has 2 aromatic rings. The fourth-order valence-electron chi connectivity index (χ4n) is 2.33. The second-order valence-electron chi connectivity index (χ2n) is 5.08. The highest BCUT2D eigenvalue weighted by Gasteiger charge is 2.39. The number of halogens is 2. The number of rotatable bonds is 4. The van der Waals surface area contributed by atoms with E-state index in [9.17, 15) is 4.79 Å². The SMILES string of the molecule is Cn1nnc(C(=O)NC[C@@H]2C[C@H]2c2ccc(Cl)cc2Cl)n1. The van der Waals surface area contributed by atoms with Gasteiger partial charge in [0.1, 0.15) is 0 Å². The summed E-state index contributed by atoms with van der Waals surface area (Å²) in [6.07, 6.45) is 0.996. The third-order valence-electron chi connectivity index (χ3n) is 3.52. The van der Waals surface area contributed by atoms with E-state index in [-0.39, 0.29) is 11.7 Å². The lowest BCUT2D eigenvalue weighted by Crippen LogP contribution is -2.27. The lowest BCUT2D eigenvalue weighted by molar-refractivity contribution is 0.0941. The number of carbonyl (C=O) groups is 1. The van der Waals surface area contributed by atoms with Gasteiger partial charge in [-0.3, -0.25) is 4.79 Å². The maximum atomic E-state index is 11.8. The molecule has 1 aromatic heterocycles. The Kier molecular flexibility index (Phi) is 3.82. The monoisotopic (exact) mass is 325 g/mol. The molecular formula is C13H13Cl2N5O. The highest BCUT2D eigenvalue weighted by Crippen LogP contribution is 2.49. The number of hydrogen-bond donors (Lipinski definition) is 1. The summed E-state index contributed by atoms with van der Waals surface area (Å²) in [5.41, 5.74) is 1.08. The third-order valence-corrected chi connectivity index (χ3v) is 4.08. The van der Waals surface area contributed by atoms with E-state index in [0.717, 1.165) is 12.0 Å². The molecule has 1 fully saturated rings. The second kappa shape index (κ2) is 5.61. The number of hydrogen-bond acceptors (Lipinski definition) is 4. The first-order chi connectivity index (χ1) is 10.0. The van der Waals surface area contributed by atoms with Crippen molar-refractivity contribution < 1.29 is 4.79 Å². The number of amides is 1. The van der Waals surface area contributed by atoms with Gasteiger partial charge in [-0.2, -0.15) is 4.80 Å². The summed E-state index contributed by atoms with van der Waals surface area (Å²) in [5.74, 6) is 0.518. The number of carbonyl (C=O) groups excluding carboxylic acids is 1. The van der Waals surface area contributed by atoms with Crippen LogP contribution < -0.4 is 5.32 Å². The van der Waals surface area contributed by atoms with E-state index in [2.05, 4.69) is 20.7 Å². The topological polar surface area (TPSA) is 72.7 Å². The Morgan fingerprint density at radius 1 is 1.48 bits per heavy atom. The van der Waals surface area contributed by atoms with E-state index in [1.807, 2.05) is 12.1 Å². The normalized spacial score (nSPS) is 20.3. The molecule has 0 spiro atoms. The van der Waals surface area contributed by atoms with Crippen LogP contribution in [0.5, 0.6) is 0 Å². The number of benzene rings is 1. The highest BCUT2D eigenvalue weighted by molar-refractivity contribution is 6.35.